The Morgan fingerprint density at radius 1 is 1.46 bits per heavy atom. The first-order valence-corrected chi connectivity index (χ1v) is 13.0. The fraction of sp³-hybridized carbons (Fsp3) is 0.273. The van der Waals surface area contributed by atoms with Crippen LogP contribution in [0.5, 0.6) is 0 Å². The van der Waals surface area contributed by atoms with Gasteiger partial charge in [0.05, 0.1) is 12.4 Å². The van der Waals surface area contributed by atoms with Crippen molar-refractivity contribution in [3.63, 3.8) is 0 Å². The SMILES string of the molecule is CON=C(C(=O)NC1C(=O)N2C(C(=O)O)=C(C[NH+]3C=CC(c4cnco4)=CC3)CSC12)c1csc(N)n1. The molecule has 2 amide bonds. The number of nitrogens with one attached hydrogen (secondary N) is 2. The molecule has 0 spiro atoms. The number of amides is 2. The normalized spacial score (nSPS) is 23.3. The van der Waals surface area contributed by atoms with Gasteiger partial charge in [-0.15, -0.1) is 23.1 Å². The van der Waals surface area contributed by atoms with E-state index in [1.807, 2.05) is 18.4 Å². The maximum Gasteiger partial charge on any atom is 0.352 e. The molecule has 0 aromatic carbocycles. The number of carbonyl (C=O) groups is 3. The predicted molar refractivity (Wildman–Crippen MR) is 134 cm³/mol. The smallest absolute Gasteiger partial charge is 0.352 e. The number of carboxylic acid groups (broad SMARTS) is 1. The molecule has 5 heterocycles. The summed E-state index contributed by atoms with van der Waals surface area (Å²) in [7, 11) is 1.28. The van der Waals surface area contributed by atoms with Crippen molar-refractivity contribution in [3.05, 3.63) is 59.0 Å². The van der Waals surface area contributed by atoms with Gasteiger partial charge in [-0.3, -0.25) is 14.5 Å². The Balaban J connectivity index is 1.28. The van der Waals surface area contributed by atoms with Crippen molar-refractivity contribution in [2.75, 3.05) is 31.7 Å². The number of nitrogens with two attached hydrogens (primary N) is 1. The van der Waals surface area contributed by atoms with Gasteiger partial charge in [-0.05, 0) is 6.08 Å². The molecule has 3 unspecified atom stereocenters. The van der Waals surface area contributed by atoms with Crippen molar-refractivity contribution in [2.45, 2.75) is 11.4 Å². The molecule has 3 aliphatic rings. The summed E-state index contributed by atoms with van der Waals surface area (Å²) in [6.45, 7) is 1.03. The molecular formula is C22H22N7O6S2+. The summed E-state index contributed by atoms with van der Waals surface area (Å²) in [6.07, 6.45) is 8.82. The van der Waals surface area contributed by atoms with Crippen LogP contribution >= 0.6 is 23.1 Å². The van der Waals surface area contributed by atoms with E-state index in [1.54, 1.807) is 11.6 Å². The molecule has 1 fully saturated rings. The van der Waals surface area contributed by atoms with Crippen LogP contribution in [0, 0.1) is 0 Å². The number of thioether (sulfide) groups is 1. The summed E-state index contributed by atoms with van der Waals surface area (Å²) < 4.78 is 5.32. The molecule has 0 saturated carbocycles. The Kier molecular flexibility index (Phi) is 6.82. The first-order chi connectivity index (χ1) is 17.9. The quantitative estimate of drug-likeness (QED) is 0.189. The molecule has 5 N–H and O–H groups in total. The molecule has 2 aromatic heterocycles. The highest BCUT2D eigenvalue weighted by Crippen LogP contribution is 2.40. The van der Waals surface area contributed by atoms with Crippen LogP contribution in [0.4, 0.5) is 5.13 Å². The zero-order valence-corrected chi connectivity index (χ0v) is 21.0. The standard InChI is InChI=1S/C22H21N7O6S2/c1-34-27-15(13-9-37-22(23)25-13)18(30)26-16-19(31)29-17(21(32)33)12(8-36-20(16)29)7-28-4-2-11(3-5-28)14-6-24-10-35-14/h2-4,6,9-10,16,20H,5,7-8H2,1H3,(H2,23,25)(H,26,30)(H,32,33)/p+1. The largest absolute Gasteiger partial charge is 0.477 e. The maximum atomic E-state index is 13.0. The highest BCUT2D eigenvalue weighted by atomic mass is 32.2. The van der Waals surface area contributed by atoms with E-state index in [-0.39, 0.29) is 22.2 Å². The third kappa shape index (κ3) is 4.75. The van der Waals surface area contributed by atoms with Gasteiger partial charge in [0.2, 0.25) is 0 Å². The van der Waals surface area contributed by atoms with Crippen LogP contribution in [-0.2, 0) is 19.2 Å². The number of hydrogen-bond acceptors (Lipinski definition) is 11. The van der Waals surface area contributed by atoms with E-state index < -0.39 is 29.2 Å². The topological polar surface area (TPSA) is 178 Å². The summed E-state index contributed by atoms with van der Waals surface area (Å²) in [6, 6.07) is -0.916. The Labute approximate surface area is 218 Å². The number of allylic oxidation sites excluding steroid dienone is 2. The molecular weight excluding hydrogens is 522 g/mol. The van der Waals surface area contributed by atoms with Gasteiger partial charge >= 0.3 is 5.97 Å². The number of thiazole rings is 1. The molecule has 0 bridgehead atoms. The maximum absolute atomic E-state index is 13.0. The molecule has 1 saturated heterocycles. The molecule has 0 aliphatic carbocycles. The zero-order valence-electron chi connectivity index (χ0n) is 19.4. The van der Waals surface area contributed by atoms with Gasteiger partial charge in [0, 0.05) is 28.4 Å². The number of β-lactam (4-membered cyclic amide) rings is 1. The Bertz CT molecular complexity index is 1360. The summed E-state index contributed by atoms with van der Waals surface area (Å²) in [4.78, 5) is 53.1. The van der Waals surface area contributed by atoms with E-state index in [0.29, 0.717) is 30.2 Å². The fourth-order valence-electron chi connectivity index (χ4n) is 4.25. The zero-order chi connectivity index (χ0) is 26.1. The number of rotatable bonds is 8. The molecule has 3 aliphatic heterocycles. The lowest BCUT2D eigenvalue weighted by molar-refractivity contribution is -0.835. The van der Waals surface area contributed by atoms with E-state index in [9.17, 15) is 19.5 Å². The summed E-state index contributed by atoms with van der Waals surface area (Å²) in [5.41, 5.74) is 7.24. The lowest BCUT2D eigenvalue weighted by Crippen LogP contribution is -3.08. The number of anilines is 1. The van der Waals surface area contributed by atoms with Crippen molar-refractivity contribution >= 4 is 57.3 Å². The van der Waals surface area contributed by atoms with Crippen molar-refractivity contribution in [2.24, 2.45) is 5.16 Å². The summed E-state index contributed by atoms with van der Waals surface area (Å²) in [5.74, 6) is -1.30. The number of carboxylic acids is 1. The highest BCUT2D eigenvalue weighted by molar-refractivity contribution is 8.00. The lowest BCUT2D eigenvalue weighted by atomic mass is 10.0. The number of oxime groups is 1. The lowest BCUT2D eigenvalue weighted by Gasteiger charge is -2.49. The molecule has 2 aromatic rings. The number of aromatic nitrogens is 2. The van der Waals surface area contributed by atoms with Gasteiger partial charge in [-0.1, -0.05) is 5.16 Å². The fourth-order valence-corrected chi connectivity index (χ4v) is 6.15. The second-order valence-corrected chi connectivity index (χ2v) is 10.2. The number of fused-ring (bicyclic) bond motifs is 1. The minimum Gasteiger partial charge on any atom is -0.477 e. The Morgan fingerprint density at radius 3 is 2.92 bits per heavy atom. The van der Waals surface area contributed by atoms with Crippen molar-refractivity contribution < 1.29 is 33.6 Å². The van der Waals surface area contributed by atoms with E-state index in [2.05, 4.69) is 20.4 Å². The first-order valence-electron chi connectivity index (χ1n) is 11.0. The van der Waals surface area contributed by atoms with Crippen LogP contribution in [0.2, 0.25) is 0 Å². The number of nitrogen functional groups attached to an aromatic ring is 1. The number of quaternary nitrogens is 1. The van der Waals surface area contributed by atoms with Crippen LogP contribution in [-0.4, -0.2) is 80.8 Å². The molecule has 5 rings (SSSR count). The number of oxazole rings is 1. The third-order valence-electron chi connectivity index (χ3n) is 5.94. The molecule has 13 nitrogen and oxygen atoms in total. The van der Waals surface area contributed by atoms with Crippen LogP contribution in [0.1, 0.15) is 11.5 Å². The third-order valence-corrected chi connectivity index (χ3v) is 7.95. The van der Waals surface area contributed by atoms with Gasteiger partial charge in [0.1, 0.15) is 43.0 Å². The van der Waals surface area contributed by atoms with Crippen LogP contribution in [0.25, 0.3) is 5.57 Å². The Morgan fingerprint density at radius 2 is 2.30 bits per heavy atom. The van der Waals surface area contributed by atoms with Gasteiger partial charge < -0.3 is 30.3 Å². The van der Waals surface area contributed by atoms with E-state index in [0.717, 1.165) is 21.8 Å². The molecule has 15 heteroatoms. The molecule has 37 heavy (non-hydrogen) atoms. The van der Waals surface area contributed by atoms with Crippen molar-refractivity contribution in [3.8, 4) is 0 Å². The number of aliphatic carboxylic acids is 1. The molecule has 3 atom stereocenters. The Hall–Kier alpha value is -3.95. The molecule has 0 radical (unpaired) electrons. The average molecular weight is 545 g/mol. The minimum absolute atomic E-state index is 0.0387. The van der Waals surface area contributed by atoms with Crippen LogP contribution in [0.15, 0.2) is 57.2 Å². The second-order valence-electron chi connectivity index (χ2n) is 8.21. The van der Waals surface area contributed by atoms with Gasteiger partial charge in [-0.2, -0.15) is 0 Å². The average Bonchev–Trinajstić information content (AvgIpc) is 3.58. The van der Waals surface area contributed by atoms with Crippen LogP contribution in [0.3, 0.4) is 0 Å². The predicted octanol–water partition coefficient (Wildman–Crippen LogP) is -0.702. The highest BCUT2D eigenvalue weighted by Gasteiger charge is 2.54. The van der Waals surface area contributed by atoms with Gasteiger partial charge in [0.15, 0.2) is 23.0 Å². The van der Waals surface area contributed by atoms with Gasteiger partial charge in [0.25, 0.3) is 11.8 Å². The second kappa shape index (κ2) is 10.2. The number of hydrogen-bond donors (Lipinski definition) is 4. The van der Waals surface area contributed by atoms with E-state index in [4.69, 9.17) is 15.0 Å². The molecule has 192 valence electrons. The number of nitrogens with zero attached hydrogens (tertiary/aromatic N) is 4. The van der Waals surface area contributed by atoms with E-state index in [1.165, 1.54) is 30.2 Å². The first kappa shape index (κ1) is 24.7. The summed E-state index contributed by atoms with van der Waals surface area (Å²) >= 11 is 2.53. The van der Waals surface area contributed by atoms with Crippen LogP contribution < -0.4 is 16.0 Å². The minimum atomic E-state index is -1.18. The number of carbonyl (C=O) groups excluding carboxylic acids is 2. The monoisotopic (exact) mass is 544 g/mol. The van der Waals surface area contributed by atoms with Crippen molar-refractivity contribution in [1.29, 1.82) is 0 Å². The van der Waals surface area contributed by atoms with Gasteiger partial charge in [-0.25, -0.2) is 14.8 Å². The van der Waals surface area contributed by atoms with E-state index >= 15 is 0 Å². The van der Waals surface area contributed by atoms with Crippen molar-refractivity contribution in [1.82, 2.24) is 20.2 Å². The summed E-state index contributed by atoms with van der Waals surface area (Å²) in [5, 5.41) is 17.6.